The first kappa shape index (κ1) is 14.5. The van der Waals surface area contributed by atoms with Crippen molar-refractivity contribution in [3.05, 3.63) is 0 Å². The maximum absolute atomic E-state index is 12.0. The smallest absolute Gasteiger partial charge is 0.248 e. The molecular weight excluding hydrogens is 216 g/mol. The molecule has 0 aromatic heterocycles. The summed E-state index contributed by atoms with van der Waals surface area (Å²) in [6, 6.07) is 0.409. The average Bonchev–Trinajstić information content (AvgIpc) is 2.59. The highest BCUT2D eigenvalue weighted by Crippen LogP contribution is 2.22. The van der Waals surface area contributed by atoms with Gasteiger partial charge < -0.3 is 15.4 Å². The van der Waals surface area contributed by atoms with E-state index in [0.29, 0.717) is 12.6 Å². The van der Waals surface area contributed by atoms with E-state index in [9.17, 15) is 4.79 Å². The molecule has 0 unspecified atom stereocenters. The maximum atomic E-state index is 12.0. The van der Waals surface area contributed by atoms with Crippen molar-refractivity contribution in [1.82, 2.24) is 4.90 Å². The first-order chi connectivity index (χ1) is 8.29. The number of nitrogens with zero attached hydrogens (tertiary/aromatic N) is 1. The van der Waals surface area contributed by atoms with Gasteiger partial charge in [-0.25, -0.2) is 0 Å². The Hall–Kier alpha value is -0.610. The SMILES string of the molecule is COCC(=O)N(CCCN)C1CCCCCC1. The van der Waals surface area contributed by atoms with Gasteiger partial charge in [-0.2, -0.15) is 0 Å². The molecule has 17 heavy (non-hydrogen) atoms. The van der Waals surface area contributed by atoms with E-state index < -0.39 is 0 Å². The van der Waals surface area contributed by atoms with Gasteiger partial charge in [0.1, 0.15) is 6.61 Å². The van der Waals surface area contributed by atoms with Crippen LogP contribution in [0.2, 0.25) is 0 Å². The van der Waals surface area contributed by atoms with Gasteiger partial charge in [0.15, 0.2) is 0 Å². The summed E-state index contributed by atoms with van der Waals surface area (Å²) in [4.78, 5) is 14.0. The number of ether oxygens (including phenoxy) is 1. The Morgan fingerprint density at radius 3 is 2.47 bits per heavy atom. The van der Waals surface area contributed by atoms with Crippen LogP contribution < -0.4 is 5.73 Å². The van der Waals surface area contributed by atoms with Gasteiger partial charge in [-0.05, 0) is 25.8 Å². The average molecular weight is 242 g/mol. The number of hydrogen-bond acceptors (Lipinski definition) is 3. The normalized spacial score (nSPS) is 17.8. The highest BCUT2D eigenvalue weighted by Gasteiger charge is 2.23. The van der Waals surface area contributed by atoms with E-state index >= 15 is 0 Å². The molecule has 0 radical (unpaired) electrons. The van der Waals surface area contributed by atoms with Gasteiger partial charge in [0.05, 0.1) is 0 Å². The Morgan fingerprint density at radius 2 is 1.94 bits per heavy atom. The standard InChI is InChI=1S/C13H26N2O2/c1-17-11-13(16)15(10-6-9-14)12-7-4-2-3-5-8-12/h12H,2-11,14H2,1H3. The van der Waals surface area contributed by atoms with Crippen molar-refractivity contribution in [2.24, 2.45) is 5.73 Å². The number of carbonyl (C=O) groups is 1. The summed E-state index contributed by atoms with van der Waals surface area (Å²) in [7, 11) is 1.58. The monoisotopic (exact) mass is 242 g/mol. The van der Waals surface area contributed by atoms with E-state index in [-0.39, 0.29) is 12.5 Å². The molecule has 4 nitrogen and oxygen atoms in total. The van der Waals surface area contributed by atoms with Crippen LogP contribution in [0.25, 0.3) is 0 Å². The Labute approximate surface area is 104 Å². The second-order valence-corrected chi connectivity index (χ2v) is 4.81. The lowest BCUT2D eigenvalue weighted by Gasteiger charge is -2.31. The number of nitrogens with two attached hydrogens (primary N) is 1. The van der Waals surface area contributed by atoms with Crippen molar-refractivity contribution in [3.8, 4) is 0 Å². The quantitative estimate of drug-likeness (QED) is 0.719. The number of amides is 1. The molecule has 1 rings (SSSR count). The Bertz CT molecular complexity index is 213. The Kier molecular flexibility index (Phi) is 7.21. The van der Waals surface area contributed by atoms with Crippen LogP contribution in [-0.2, 0) is 9.53 Å². The lowest BCUT2D eigenvalue weighted by molar-refractivity contribution is -0.137. The van der Waals surface area contributed by atoms with Gasteiger partial charge in [0, 0.05) is 19.7 Å². The highest BCUT2D eigenvalue weighted by molar-refractivity contribution is 5.77. The minimum atomic E-state index is 0.118. The van der Waals surface area contributed by atoms with Gasteiger partial charge in [-0.15, -0.1) is 0 Å². The molecule has 2 N–H and O–H groups in total. The van der Waals surface area contributed by atoms with Gasteiger partial charge in [-0.3, -0.25) is 4.79 Å². The third-order valence-electron chi connectivity index (χ3n) is 3.46. The molecule has 0 aromatic rings. The lowest BCUT2D eigenvalue weighted by Crippen LogP contribution is -2.43. The highest BCUT2D eigenvalue weighted by atomic mass is 16.5. The van der Waals surface area contributed by atoms with Crippen LogP contribution >= 0.6 is 0 Å². The zero-order valence-electron chi connectivity index (χ0n) is 11.0. The van der Waals surface area contributed by atoms with Crippen molar-refractivity contribution >= 4 is 5.91 Å². The van der Waals surface area contributed by atoms with Gasteiger partial charge in [0.25, 0.3) is 0 Å². The molecule has 0 aromatic carbocycles. The summed E-state index contributed by atoms with van der Waals surface area (Å²) in [6.45, 7) is 1.62. The van der Waals surface area contributed by atoms with Crippen LogP contribution in [-0.4, -0.2) is 43.7 Å². The third-order valence-corrected chi connectivity index (χ3v) is 3.46. The molecule has 0 bridgehead atoms. The predicted molar refractivity (Wildman–Crippen MR) is 68.8 cm³/mol. The van der Waals surface area contributed by atoms with Crippen LogP contribution in [0.3, 0.4) is 0 Å². The van der Waals surface area contributed by atoms with Crippen LogP contribution in [0, 0.1) is 0 Å². The first-order valence-electron chi connectivity index (χ1n) is 6.78. The van der Waals surface area contributed by atoms with E-state index in [1.165, 1.54) is 25.7 Å². The van der Waals surface area contributed by atoms with E-state index in [1.807, 2.05) is 4.90 Å². The molecule has 0 aliphatic heterocycles. The molecule has 1 aliphatic rings. The summed E-state index contributed by atoms with van der Waals surface area (Å²) in [5.41, 5.74) is 5.54. The number of rotatable bonds is 6. The zero-order chi connectivity index (χ0) is 12.5. The fourth-order valence-corrected chi connectivity index (χ4v) is 2.55. The summed E-state index contributed by atoms with van der Waals surface area (Å²) in [5, 5.41) is 0. The minimum absolute atomic E-state index is 0.118. The summed E-state index contributed by atoms with van der Waals surface area (Å²) < 4.78 is 4.96. The van der Waals surface area contributed by atoms with Crippen LogP contribution in [0.4, 0.5) is 0 Å². The molecule has 1 fully saturated rings. The van der Waals surface area contributed by atoms with Crippen molar-refractivity contribution in [3.63, 3.8) is 0 Å². The number of hydrogen-bond donors (Lipinski definition) is 1. The molecule has 0 saturated heterocycles. The summed E-state index contributed by atoms with van der Waals surface area (Å²) >= 11 is 0. The number of carbonyl (C=O) groups excluding carboxylic acids is 1. The van der Waals surface area contributed by atoms with Crippen molar-refractivity contribution in [1.29, 1.82) is 0 Å². The second-order valence-electron chi connectivity index (χ2n) is 4.81. The van der Waals surface area contributed by atoms with E-state index in [0.717, 1.165) is 25.8 Å². The fraction of sp³-hybridized carbons (Fsp3) is 0.923. The fourth-order valence-electron chi connectivity index (χ4n) is 2.55. The van der Waals surface area contributed by atoms with Gasteiger partial charge >= 0.3 is 0 Å². The zero-order valence-corrected chi connectivity index (χ0v) is 11.0. The Morgan fingerprint density at radius 1 is 1.29 bits per heavy atom. The summed E-state index contributed by atoms with van der Waals surface area (Å²) in [5.74, 6) is 0.118. The Balaban J connectivity index is 2.55. The molecule has 1 aliphatic carbocycles. The molecule has 0 atom stereocenters. The largest absolute Gasteiger partial charge is 0.375 e. The molecule has 0 spiro atoms. The second kappa shape index (κ2) is 8.48. The third kappa shape index (κ3) is 5.04. The van der Waals surface area contributed by atoms with Crippen LogP contribution in [0.1, 0.15) is 44.9 Å². The van der Waals surface area contributed by atoms with Crippen LogP contribution in [0.15, 0.2) is 0 Å². The number of methoxy groups -OCH3 is 1. The van der Waals surface area contributed by atoms with E-state index in [1.54, 1.807) is 7.11 Å². The predicted octanol–water partition coefficient (Wildman–Crippen LogP) is 1.53. The molecule has 1 amide bonds. The van der Waals surface area contributed by atoms with Gasteiger partial charge in [-0.1, -0.05) is 25.7 Å². The summed E-state index contributed by atoms with van der Waals surface area (Å²) in [6.07, 6.45) is 8.25. The lowest BCUT2D eigenvalue weighted by atomic mass is 10.1. The first-order valence-corrected chi connectivity index (χ1v) is 6.78. The van der Waals surface area contributed by atoms with E-state index in [4.69, 9.17) is 10.5 Å². The van der Waals surface area contributed by atoms with Crippen molar-refractivity contribution in [2.45, 2.75) is 51.0 Å². The molecular formula is C13H26N2O2. The van der Waals surface area contributed by atoms with Crippen LogP contribution in [0.5, 0.6) is 0 Å². The van der Waals surface area contributed by atoms with Crippen molar-refractivity contribution < 1.29 is 9.53 Å². The molecule has 100 valence electrons. The van der Waals surface area contributed by atoms with Crippen molar-refractivity contribution in [2.75, 3.05) is 26.8 Å². The topological polar surface area (TPSA) is 55.6 Å². The minimum Gasteiger partial charge on any atom is -0.375 e. The molecule has 0 heterocycles. The molecule has 4 heteroatoms. The van der Waals surface area contributed by atoms with E-state index in [2.05, 4.69) is 0 Å². The van der Waals surface area contributed by atoms with Gasteiger partial charge in [0.2, 0.25) is 5.91 Å². The molecule has 1 saturated carbocycles. The maximum Gasteiger partial charge on any atom is 0.248 e.